The molecular formula is C30H50O4. The molecule has 4 fully saturated rings. The minimum absolute atomic E-state index is 0.0525. The van der Waals surface area contributed by atoms with Gasteiger partial charge in [0.25, 0.3) is 0 Å². The van der Waals surface area contributed by atoms with E-state index in [0.29, 0.717) is 12.3 Å². The molecule has 5 rings (SSSR count). The Hall–Kier alpha value is -0.420. The van der Waals surface area contributed by atoms with Crippen LogP contribution in [0, 0.1) is 50.2 Å². The van der Waals surface area contributed by atoms with Gasteiger partial charge in [-0.2, -0.15) is 0 Å². The van der Waals surface area contributed by atoms with E-state index in [0.717, 1.165) is 44.9 Å². The third-order valence-electron chi connectivity index (χ3n) is 13.0. The van der Waals surface area contributed by atoms with Gasteiger partial charge in [0.2, 0.25) is 0 Å². The average molecular weight is 475 g/mol. The first kappa shape index (κ1) is 25.2. The molecule has 5 aliphatic rings. The summed E-state index contributed by atoms with van der Waals surface area (Å²) in [6, 6.07) is 0. The van der Waals surface area contributed by atoms with Crippen LogP contribution in [0.2, 0.25) is 0 Å². The Morgan fingerprint density at radius 3 is 2.18 bits per heavy atom. The molecule has 0 aromatic carbocycles. The van der Waals surface area contributed by atoms with E-state index in [2.05, 4.69) is 54.5 Å². The van der Waals surface area contributed by atoms with E-state index in [1.807, 2.05) is 0 Å². The summed E-state index contributed by atoms with van der Waals surface area (Å²) in [6.45, 7) is 16.2. The molecule has 4 nitrogen and oxygen atoms in total. The molecule has 0 radical (unpaired) electrons. The molecule has 0 aliphatic heterocycles. The normalized spacial score (nSPS) is 55.8. The molecule has 0 aromatic rings. The number of aliphatic hydroxyl groups is 4. The molecule has 0 bridgehead atoms. The van der Waals surface area contributed by atoms with Gasteiger partial charge in [-0.05, 0) is 96.2 Å². The van der Waals surface area contributed by atoms with Crippen molar-refractivity contribution in [1.82, 2.24) is 0 Å². The second kappa shape index (κ2) is 7.33. The highest BCUT2D eigenvalue weighted by atomic mass is 16.3. The summed E-state index contributed by atoms with van der Waals surface area (Å²) >= 11 is 0. The van der Waals surface area contributed by atoms with Crippen molar-refractivity contribution in [2.45, 2.75) is 118 Å². The second-order valence-electron chi connectivity index (χ2n) is 15.4. The molecule has 10 unspecified atom stereocenters. The van der Waals surface area contributed by atoms with Crippen LogP contribution in [-0.2, 0) is 0 Å². The van der Waals surface area contributed by atoms with E-state index in [-0.39, 0.29) is 51.6 Å². The highest BCUT2D eigenvalue weighted by Crippen LogP contribution is 2.75. The quantitative estimate of drug-likeness (QED) is 0.399. The van der Waals surface area contributed by atoms with Gasteiger partial charge in [-0.1, -0.05) is 60.1 Å². The van der Waals surface area contributed by atoms with Crippen molar-refractivity contribution in [3.05, 3.63) is 11.6 Å². The fourth-order valence-electron chi connectivity index (χ4n) is 10.9. The first-order valence-electron chi connectivity index (χ1n) is 13.9. The summed E-state index contributed by atoms with van der Waals surface area (Å²) in [6.07, 6.45) is 8.22. The molecule has 4 saturated carbocycles. The lowest BCUT2D eigenvalue weighted by Crippen LogP contribution is -2.69. The monoisotopic (exact) mass is 474 g/mol. The minimum Gasteiger partial charge on any atom is -0.396 e. The Morgan fingerprint density at radius 1 is 0.853 bits per heavy atom. The van der Waals surface area contributed by atoms with Gasteiger partial charge in [0.1, 0.15) is 0 Å². The predicted octanol–water partition coefficient (Wildman–Crippen LogP) is 5.08. The Bertz CT molecular complexity index is 877. The number of rotatable bonds is 1. The molecule has 34 heavy (non-hydrogen) atoms. The number of fused-ring (bicyclic) bond motifs is 7. The van der Waals surface area contributed by atoms with Crippen LogP contribution in [0.4, 0.5) is 0 Å². The average Bonchev–Trinajstić information content (AvgIpc) is 2.71. The Labute approximate surface area is 207 Å². The summed E-state index contributed by atoms with van der Waals surface area (Å²) < 4.78 is 0. The SMILES string of the molecule is CC1(C)CCC2(CO)C(O)CC3(C)C(=CCC4C5(C)CCC(O)C(C)(C)C5C(O)CC43C)C2C1. The Balaban J connectivity index is 1.64. The fraction of sp³-hybridized carbons (Fsp3) is 0.933. The summed E-state index contributed by atoms with van der Waals surface area (Å²) in [5.74, 6) is 0.665. The molecule has 0 heterocycles. The maximum atomic E-state index is 11.8. The molecule has 10 atom stereocenters. The van der Waals surface area contributed by atoms with Crippen LogP contribution in [0.1, 0.15) is 99.8 Å². The van der Waals surface area contributed by atoms with Gasteiger partial charge in [0.15, 0.2) is 0 Å². The van der Waals surface area contributed by atoms with Crippen molar-refractivity contribution in [2.24, 2.45) is 50.2 Å². The molecule has 0 amide bonds. The number of allylic oxidation sites excluding steroid dienone is 2. The summed E-state index contributed by atoms with van der Waals surface area (Å²) in [4.78, 5) is 0. The molecule has 0 aromatic heterocycles. The molecule has 4 heteroatoms. The first-order chi connectivity index (χ1) is 15.6. The third-order valence-corrected chi connectivity index (χ3v) is 13.0. The van der Waals surface area contributed by atoms with Crippen LogP contribution in [0.5, 0.6) is 0 Å². The van der Waals surface area contributed by atoms with Crippen molar-refractivity contribution in [1.29, 1.82) is 0 Å². The summed E-state index contributed by atoms with van der Waals surface area (Å²) in [5, 5.41) is 45.1. The summed E-state index contributed by atoms with van der Waals surface area (Å²) in [5.41, 5.74) is 0.522. The highest BCUT2D eigenvalue weighted by Gasteiger charge is 2.71. The van der Waals surface area contributed by atoms with Gasteiger partial charge in [-0.15, -0.1) is 0 Å². The van der Waals surface area contributed by atoms with E-state index in [1.165, 1.54) is 5.57 Å². The molecular weight excluding hydrogens is 424 g/mol. The van der Waals surface area contributed by atoms with Crippen molar-refractivity contribution in [3.63, 3.8) is 0 Å². The van der Waals surface area contributed by atoms with Crippen LogP contribution in [0.25, 0.3) is 0 Å². The largest absolute Gasteiger partial charge is 0.396 e. The van der Waals surface area contributed by atoms with Crippen LogP contribution in [0.3, 0.4) is 0 Å². The van der Waals surface area contributed by atoms with E-state index in [1.54, 1.807) is 0 Å². The third kappa shape index (κ3) is 2.92. The van der Waals surface area contributed by atoms with Gasteiger partial charge in [-0.3, -0.25) is 0 Å². The standard InChI is InChI=1S/C30H50O4/c1-25(2)12-13-30(17-31)19(14-25)18-8-9-21-27(5)11-10-22(33)26(3,4)24(27)20(32)15-29(21,7)28(18,6)16-23(30)34/h8,19-24,31-34H,9-17H2,1-7H3. The van der Waals surface area contributed by atoms with Crippen LogP contribution >= 0.6 is 0 Å². The summed E-state index contributed by atoms with van der Waals surface area (Å²) in [7, 11) is 0. The molecule has 0 saturated heterocycles. The van der Waals surface area contributed by atoms with Crippen LogP contribution in [-0.4, -0.2) is 45.3 Å². The zero-order chi connectivity index (χ0) is 25.1. The second-order valence-corrected chi connectivity index (χ2v) is 15.4. The van der Waals surface area contributed by atoms with E-state index < -0.39 is 17.6 Å². The lowest BCUT2D eigenvalue weighted by molar-refractivity contribution is -0.250. The minimum atomic E-state index is -0.524. The van der Waals surface area contributed by atoms with Crippen LogP contribution < -0.4 is 0 Å². The van der Waals surface area contributed by atoms with Gasteiger partial charge in [-0.25, -0.2) is 0 Å². The number of hydrogen-bond donors (Lipinski definition) is 4. The van der Waals surface area contributed by atoms with Gasteiger partial charge in [0.05, 0.1) is 24.9 Å². The lowest BCUT2D eigenvalue weighted by Gasteiger charge is -2.72. The smallest absolute Gasteiger partial charge is 0.0632 e. The van der Waals surface area contributed by atoms with Crippen molar-refractivity contribution >= 4 is 0 Å². The van der Waals surface area contributed by atoms with Crippen LogP contribution in [0.15, 0.2) is 11.6 Å². The zero-order valence-corrected chi connectivity index (χ0v) is 22.7. The van der Waals surface area contributed by atoms with Gasteiger partial charge >= 0.3 is 0 Å². The lowest BCUT2D eigenvalue weighted by atomic mass is 9.33. The van der Waals surface area contributed by atoms with Gasteiger partial charge in [0, 0.05) is 5.41 Å². The van der Waals surface area contributed by atoms with Gasteiger partial charge < -0.3 is 20.4 Å². The van der Waals surface area contributed by atoms with E-state index >= 15 is 0 Å². The Kier molecular flexibility index (Phi) is 5.44. The maximum Gasteiger partial charge on any atom is 0.0632 e. The van der Waals surface area contributed by atoms with E-state index in [4.69, 9.17) is 0 Å². The molecule has 0 spiro atoms. The van der Waals surface area contributed by atoms with Crippen molar-refractivity contribution in [3.8, 4) is 0 Å². The Morgan fingerprint density at radius 2 is 1.53 bits per heavy atom. The van der Waals surface area contributed by atoms with Crippen molar-refractivity contribution in [2.75, 3.05) is 6.61 Å². The number of aliphatic hydroxyl groups excluding tert-OH is 4. The fourth-order valence-corrected chi connectivity index (χ4v) is 10.9. The predicted molar refractivity (Wildman–Crippen MR) is 135 cm³/mol. The zero-order valence-electron chi connectivity index (χ0n) is 22.7. The first-order valence-corrected chi connectivity index (χ1v) is 13.9. The molecule has 4 N–H and O–H groups in total. The van der Waals surface area contributed by atoms with Crippen molar-refractivity contribution < 1.29 is 20.4 Å². The number of hydrogen-bond acceptors (Lipinski definition) is 4. The van der Waals surface area contributed by atoms with E-state index in [9.17, 15) is 20.4 Å². The molecule has 5 aliphatic carbocycles. The maximum absolute atomic E-state index is 11.8. The topological polar surface area (TPSA) is 80.9 Å². The highest BCUT2D eigenvalue weighted by molar-refractivity contribution is 5.35. The molecule has 194 valence electrons.